The Morgan fingerprint density at radius 3 is 2.46 bits per heavy atom. The van der Waals surface area contributed by atoms with Crippen molar-refractivity contribution in [3.63, 3.8) is 0 Å². The molecule has 1 aromatic carbocycles. The molecule has 1 fully saturated rings. The Bertz CT molecular complexity index is 593. The molecule has 3 N–H and O–H groups in total. The van der Waals surface area contributed by atoms with Crippen LogP contribution in [0.3, 0.4) is 0 Å². The van der Waals surface area contributed by atoms with E-state index in [1.165, 1.54) is 5.56 Å². The van der Waals surface area contributed by atoms with Gasteiger partial charge in [0.15, 0.2) is 0 Å². The minimum atomic E-state index is -0.282. The van der Waals surface area contributed by atoms with E-state index in [-0.39, 0.29) is 42.6 Å². The average Bonchev–Trinajstić information content (AvgIpc) is 2.79. The fraction of sp³-hybridized carbons (Fsp3) is 0.556. The lowest BCUT2D eigenvalue weighted by molar-refractivity contribution is -0.126. The van der Waals surface area contributed by atoms with Crippen LogP contribution in [0.5, 0.6) is 0 Å². The van der Waals surface area contributed by atoms with Gasteiger partial charge in [-0.25, -0.2) is 0 Å². The van der Waals surface area contributed by atoms with Crippen molar-refractivity contribution < 1.29 is 9.59 Å². The number of nitrogens with zero attached hydrogens (tertiary/aromatic N) is 1. The Kier molecular flexibility index (Phi) is 7.24. The highest BCUT2D eigenvalue weighted by Crippen LogP contribution is 2.31. The number of hydrogen-bond acceptors (Lipinski definition) is 3. The highest BCUT2D eigenvalue weighted by molar-refractivity contribution is 6.01. The monoisotopic (exact) mass is 353 g/mol. The van der Waals surface area contributed by atoms with Crippen LogP contribution in [0.25, 0.3) is 0 Å². The van der Waals surface area contributed by atoms with Crippen LogP contribution < -0.4 is 16.0 Å². The summed E-state index contributed by atoms with van der Waals surface area (Å²) in [5.41, 5.74) is 9.97. The third-order valence-corrected chi connectivity index (χ3v) is 4.30. The molecule has 0 radical (unpaired) electrons. The minimum absolute atomic E-state index is 0. The second-order valence-corrected chi connectivity index (χ2v) is 6.71. The van der Waals surface area contributed by atoms with Crippen molar-refractivity contribution in [1.29, 1.82) is 0 Å². The standard InChI is InChI=1S/C18H27N3O2.ClH/c1-11-7-12(2)17(13(3)8-11)21-10-15(9-16(21)22)18(23)20-6-5-14(4)19;/h7-8,14-15H,5-6,9-10,19H2,1-4H3,(H,20,23);1H. The van der Waals surface area contributed by atoms with Gasteiger partial charge in [-0.3, -0.25) is 9.59 Å². The number of rotatable bonds is 5. The van der Waals surface area contributed by atoms with E-state index in [0.717, 1.165) is 23.2 Å². The van der Waals surface area contributed by atoms with Crippen molar-refractivity contribution in [2.24, 2.45) is 11.7 Å². The molecule has 1 aliphatic heterocycles. The summed E-state index contributed by atoms with van der Waals surface area (Å²) in [5.74, 6) is -0.313. The minimum Gasteiger partial charge on any atom is -0.356 e. The number of hydrogen-bond donors (Lipinski definition) is 2. The Morgan fingerprint density at radius 1 is 1.33 bits per heavy atom. The first-order valence-electron chi connectivity index (χ1n) is 8.21. The molecule has 1 heterocycles. The fourth-order valence-corrected chi connectivity index (χ4v) is 3.26. The second kappa shape index (κ2) is 8.49. The molecule has 2 unspecified atom stereocenters. The Balaban J connectivity index is 0.00000288. The molecule has 2 amide bonds. The topological polar surface area (TPSA) is 75.4 Å². The Labute approximate surface area is 150 Å². The van der Waals surface area contributed by atoms with Gasteiger partial charge in [-0.15, -0.1) is 12.4 Å². The van der Waals surface area contributed by atoms with Gasteiger partial charge in [-0.2, -0.15) is 0 Å². The van der Waals surface area contributed by atoms with Crippen LogP contribution in [0.15, 0.2) is 12.1 Å². The molecule has 0 aliphatic carbocycles. The van der Waals surface area contributed by atoms with Gasteiger partial charge in [0.1, 0.15) is 0 Å². The predicted molar refractivity (Wildman–Crippen MR) is 99.6 cm³/mol. The molecule has 1 saturated heterocycles. The first-order valence-corrected chi connectivity index (χ1v) is 8.21. The Morgan fingerprint density at radius 2 is 1.92 bits per heavy atom. The van der Waals surface area contributed by atoms with Crippen LogP contribution in [0.2, 0.25) is 0 Å². The molecule has 0 aromatic heterocycles. The zero-order chi connectivity index (χ0) is 17.1. The van der Waals surface area contributed by atoms with E-state index in [4.69, 9.17) is 5.73 Å². The second-order valence-electron chi connectivity index (χ2n) is 6.71. The van der Waals surface area contributed by atoms with Crippen LogP contribution in [0.1, 0.15) is 36.5 Å². The lowest BCUT2D eigenvalue weighted by Crippen LogP contribution is -2.35. The number of anilines is 1. The summed E-state index contributed by atoms with van der Waals surface area (Å²) in [6, 6.07) is 4.21. The highest BCUT2D eigenvalue weighted by atomic mass is 35.5. The first kappa shape index (κ1) is 20.5. The van der Waals surface area contributed by atoms with E-state index >= 15 is 0 Å². The summed E-state index contributed by atoms with van der Waals surface area (Å²) in [4.78, 5) is 26.4. The zero-order valence-corrected chi connectivity index (χ0v) is 15.7. The Hall–Kier alpha value is -1.59. The number of aryl methyl sites for hydroxylation is 3. The number of nitrogens with one attached hydrogen (secondary N) is 1. The third-order valence-electron chi connectivity index (χ3n) is 4.30. The number of benzene rings is 1. The summed E-state index contributed by atoms with van der Waals surface area (Å²) in [5, 5.41) is 2.89. The van der Waals surface area contributed by atoms with Gasteiger partial charge in [0.25, 0.3) is 0 Å². The van der Waals surface area contributed by atoms with E-state index < -0.39 is 0 Å². The molecule has 1 aliphatic rings. The first-order chi connectivity index (χ1) is 10.8. The molecule has 2 atom stereocenters. The van der Waals surface area contributed by atoms with Crippen LogP contribution in [-0.2, 0) is 9.59 Å². The molecule has 0 bridgehead atoms. The van der Waals surface area contributed by atoms with Crippen LogP contribution in [0, 0.1) is 26.7 Å². The highest BCUT2D eigenvalue weighted by Gasteiger charge is 2.36. The fourth-order valence-electron chi connectivity index (χ4n) is 3.26. The van der Waals surface area contributed by atoms with E-state index in [2.05, 4.69) is 17.4 Å². The molecule has 5 nitrogen and oxygen atoms in total. The molecular formula is C18H28ClN3O2. The number of carbonyl (C=O) groups is 2. The van der Waals surface area contributed by atoms with Gasteiger partial charge >= 0.3 is 0 Å². The molecule has 134 valence electrons. The lowest BCUT2D eigenvalue weighted by Gasteiger charge is -2.22. The molecule has 0 spiro atoms. The van der Waals surface area contributed by atoms with Crippen LogP contribution in [-0.4, -0.2) is 30.9 Å². The summed E-state index contributed by atoms with van der Waals surface area (Å²) in [7, 11) is 0. The summed E-state index contributed by atoms with van der Waals surface area (Å²) < 4.78 is 0. The van der Waals surface area contributed by atoms with Crippen molar-refractivity contribution in [3.05, 3.63) is 28.8 Å². The molecule has 6 heteroatoms. The van der Waals surface area contributed by atoms with Crippen LogP contribution >= 0.6 is 12.4 Å². The van der Waals surface area contributed by atoms with Gasteiger partial charge in [0.05, 0.1) is 5.92 Å². The smallest absolute Gasteiger partial charge is 0.227 e. The van der Waals surface area contributed by atoms with Crippen molar-refractivity contribution >= 4 is 29.9 Å². The van der Waals surface area contributed by atoms with Crippen molar-refractivity contribution in [3.8, 4) is 0 Å². The molecule has 1 aromatic rings. The number of amides is 2. The number of nitrogens with two attached hydrogens (primary N) is 1. The summed E-state index contributed by atoms with van der Waals surface area (Å²) in [6.07, 6.45) is 1.02. The van der Waals surface area contributed by atoms with Crippen molar-refractivity contribution in [1.82, 2.24) is 5.32 Å². The van der Waals surface area contributed by atoms with Crippen molar-refractivity contribution in [2.75, 3.05) is 18.0 Å². The van der Waals surface area contributed by atoms with Crippen LogP contribution in [0.4, 0.5) is 5.69 Å². The SMILES string of the molecule is Cc1cc(C)c(N2CC(C(=O)NCCC(C)N)CC2=O)c(C)c1.Cl. The lowest BCUT2D eigenvalue weighted by atomic mass is 10.0. The number of halogens is 1. The van der Waals surface area contributed by atoms with Gasteiger partial charge in [-0.1, -0.05) is 17.7 Å². The van der Waals surface area contributed by atoms with E-state index in [1.807, 2.05) is 27.7 Å². The van der Waals surface area contributed by atoms with Crippen molar-refractivity contribution in [2.45, 2.75) is 46.6 Å². The van der Waals surface area contributed by atoms with E-state index in [0.29, 0.717) is 13.1 Å². The maximum Gasteiger partial charge on any atom is 0.227 e. The van der Waals surface area contributed by atoms with Gasteiger partial charge in [0.2, 0.25) is 11.8 Å². The molecular weight excluding hydrogens is 326 g/mol. The van der Waals surface area contributed by atoms with Gasteiger partial charge < -0.3 is 16.0 Å². The maximum atomic E-state index is 12.4. The quantitative estimate of drug-likeness (QED) is 0.852. The van der Waals surface area contributed by atoms with E-state index in [9.17, 15) is 9.59 Å². The third kappa shape index (κ3) is 4.71. The largest absolute Gasteiger partial charge is 0.356 e. The van der Waals surface area contributed by atoms with E-state index in [1.54, 1.807) is 4.90 Å². The van der Waals surface area contributed by atoms with Gasteiger partial charge in [-0.05, 0) is 45.2 Å². The number of carbonyl (C=O) groups excluding carboxylic acids is 2. The maximum absolute atomic E-state index is 12.4. The summed E-state index contributed by atoms with van der Waals surface area (Å²) >= 11 is 0. The molecule has 0 saturated carbocycles. The zero-order valence-electron chi connectivity index (χ0n) is 14.9. The average molecular weight is 354 g/mol. The van der Waals surface area contributed by atoms with Gasteiger partial charge in [0, 0.05) is 31.2 Å². The normalized spacial score (nSPS) is 18.3. The molecule has 24 heavy (non-hydrogen) atoms. The predicted octanol–water partition coefficient (Wildman–Crippen LogP) is 2.24. The molecule has 2 rings (SSSR count). The summed E-state index contributed by atoms with van der Waals surface area (Å²) in [6.45, 7) is 8.99.